The molecule has 1 aliphatic rings. The minimum absolute atomic E-state index is 0.0341. The van der Waals surface area contributed by atoms with Crippen LogP contribution in [0, 0.1) is 5.92 Å². The summed E-state index contributed by atoms with van der Waals surface area (Å²) in [5.41, 5.74) is 1.02. The Morgan fingerprint density at radius 1 is 1.42 bits per heavy atom. The molecule has 1 aliphatic heterocycles. The molecule has 1 saturated heterocycles. The molecule has 0 saturated carbocycles. The number of carbonyl (C=O) groups is 2. The third-order valence-corrected chi connectivity index (χ3v) is 5.26. The first-order valence-corrected chi connectivity index (χ1v) is 8.90. The van der Waals surface area contributed by atoms with Crippen LogP contribution in [0.2, 0.25) is 0 Å². The zero-order valence-corrected chi connectivity index (χ0v) is 15.1. The zero-order chi connectivity index (χ0) is 17.5. The van der Waals surface area contributed by atoms with Gasteiger partial charge in [0.05, 0.1) is 18.1 Å². The van der Waals surface area contributed by atoms with E-state index in [0.717, 1.165) is 36.4 Å². The molecule has 2 N–H and O–H groups in total. The van der Waals surface area contributed by atoms with Gasteiger partial charge in [-0.15, -0.1) is 0 Å². The highest BCUT2D eigenvalue weighted by Gasteiger charge is 2.37. The zero-order valence-electron chi connectivity index (χ0n) is 14.3. The topological polar surface area (TPSA) is 70.7 Å². The van der Waals surface area contributed by atoms with Gasteiger partial charge in [-0.05, 0) is 49.1 Å². The number of methoxy groups -OCH3 is 1. The summed E-state index contributed by atoms with van der Waals surface area (Å²) in [4.78, 5) is 26.3. The fourth-order valence-corrected chi connectivity index (χ4v) is 3.71. The van der Waals surface area contributed by atoms with Crippen molar-refractivity contribution in [1.29, 1.82) is 0 Å². The Bertz CT molecular complexity index is 553. The second-order valence-corrected chi connectivity index (χ2v) is 6.76. The molecule has 7 heteroatoms. The highest BCUT2D eigenvalue weighted by atomic mass is 32.2. The molecule has 0 aliphatic carbocycles. The Morgan fingerprint density at radius 2 is 2.12 bits per heavy atom. The summed E-state index contributed by atoms with van der Waals surface area (Å²) in [7, 11) is 3.46. The van der Waals surface area contributed by atoms with E-state index < -0.39 is 0 Å². The summed E-state index contributed by atoms with van der Waals surface area (Å²) in [5, 5.41) is 3.05. The summed E-state index contributed by atoms with van der Waals surface area (Å²) in [5.74, 6) is -0.438. The maximum atomic E-state index is 12.5. The summed E-state index contributed by atoms with van der Waals surface area (Å²) in [6.45, 7) is 2.57. The van der Waals surface area contributed by atoms with Crippen LogP contribution in [0.3, 0.4) is 0 Å². The van der Waals surface area contributed by atoms with Crippen LogP contribution in [0.1, 0.15) is 19.8 Å². The predicted octanol–water partition coefficient (Wildman–Crippen LogP) is 2.12. The van der Waals surface area contributed by atoms with Gasteiger partial charge in [-0.3, -0.25) is 14.3 Å². The molecule has 1 heterocycles. The van der Waals surface area contributed by atoms with Crippen LogP contribution in [-0.2, 0) is 14.3 Å². The van der Waals surface area contributed by atoms with Gasteiger partial charge in [0.15, 0.2) is 0 Å². The predicted molar refractivity (Wildman–Crippen MR) is 95.7 cm³/mol. The Labute approximate surface area is 147 Å². The number of nitrogens with one attached hydrogen (secondary N) is 2. The van der Waals surface area contributed by atoms with Crippen LogP contribution in [0.25, 0.3) is 0 Å². The van der Waals surface area contributed by atoms with Crippen molar-refractivity contribution in [3.8, 4) is 0 Å². The van der Waals surface area contributed by atoms with Crippen molar-refractivity contribution in [2.45, 2.75) is 36.8 Å². The fraction of sp³-hybridized carbons (Fsp3) is 0.529. The molecular weight excluding hydrogens is 326 g/mol. The first-order chi connectivity index (χ1) is 11.6. The van der Waals surface area contributed by atoms with Gasteiger partial charge in [-0.2, -0.15) is 0 Å². The van der Waals surface area contributed by atoms with Crippen LogP contribution in [0.5, 0.6) is 0 Å². The summed E-state index contributed by atoms with van der Waals surface area (Å²) in [6, 6.07) is 7.76. The van der Waals surface area contributed by atoms with Crippen molar-refractivity contribution in [3.05, 3.63) is 24.3 Å². The second kappa shape index (κ2) is 8.94. The van der Waals surface area contributed by atoms with Gasteiger partial charge < -0.3 is 15.0 Å². The lowest BCUT2D eigenvalue weighted by Crippen LogP contribution is -2.46. The van der Waals surface area contributed by atoms with Crippen LogP contribution in [0.15, 0.2) is 29.2 Å². The number of likely N-dealkylation sites (tertiary alicyclic amines) is 1. The Kier molecular flexibility index (Phi) is 6.93. The van der Waals surface area contributed by atoms with E-state index in [9.17, 15) is 9.59 Å². The minimum Gasteiger partial charge on any atom is -0.388 e. The Balaban J connectivity index is 1.92. The van der Waals surface area contributed by atoms with Crippen molar-refractivity contribution in [2.24, 2.45) is 5.92 Å². The van der Waals surface area contributed by atoms with E-state index in [1.54, 1.807) is 12.0 Å². The normalized spacial score (nSPS) is 19.6. The van der Waals surface area contributed by atoms with Crippen LogP contribution in [0.4, 0.5) is 5.69 Å². The molecule has 3 atom stereocenters. The third-order valence-electron chi connectivity index (χ3n) is 4.45. The largest absolute Gasteiger partial charge is 0.388 e. The summed E-state index contributed by atoms with van der Waals surface area (Å²) in [6.07, 6.45) is 2.37. The fourth-order valence-electron chi connectivity index (χ4n) is 3.03. The summed E-state index contributed by atoms with van der Waals surface area (Å²) < 4.78 is 8.43. The number of ether oxygens (including phenoxy) is 1. The second-order valence-electron chi connectivity index (χ2n) is 5.88. The Morgan fingerprint density at radius 3 is 2.71 bits per heavy atom. The third kappa shape index (κ3) is 4.42. The molecule has 132 valence electrons. The first kappa shape index (κ1) is 18.6. The van der Waals surface area contributed by atoms with Crippen molar-refractivity contribution in [2.75, 3.05) is 26.0 Å². The van der Waals surface area contributed by atoms with Gasteiger partial charge in [0.1, 0.15) is 0 Å². The molecule has 3 unspecified atom stereocenters. The smallest absolute Gasteiger partial charge is 0.235 e. The Hall–Kier alpha value is -1.73. The minimum atomic E-state index is -0.343. The van der Waals surface area contributed by atoms with E-state index in [1.165, 1.54) is 11.9 Å². The first-order valence-electron chi connectivity index (χ1n) is 8.09. The van der Waals surface area contributed by atoms with Gasteiger partial charge >= 0.3 is 0 Å². The van der Waals surface area contributed by atoms with E-state index in [0.29, 0.717) is 0 Å². The lowest BCUT2D eigenvalue weighted by Gasteiger charge is -2.31. The molecule has 2 amide bonds. The van der Waals surface area contributed by atoms with Crippen LogP contribution < -0.4 is 10.0 Å². The van der Waals surface area contributed by atoms with Crippen molar-refractivity contribution >= 4 is 30.0 Å². The standard InChI is InChI=1S/C17H25N3O3S/c1-12(16(23-3)15-5-4-10-20(15)11-21)17(22)19-24-14-8-6-13(18-2)7-9-14/h6-9,11-12,15-16,18H,4-5,10H2,1-3H3,(H,19,22). The molecule has 1 fully saturated rings. The maximum Gasteiger partial charge on any atom is 0.235 e. The lowest BCUT2D eigenvalue weighted by molar-refractivity contribution is -0.132. The average molecular weight is 351 g/mol. The highest BCUT2D eigenvalue weighted by Crippen LogP contribution is 2.26. The molecule has 6 nitrogen and oxygen atoms in total. The maximum absolute atomic E-state index is 12.5. The molecule has 2 rings (SSSR count). The van der Waals surface area contributed by atoms with E-state index in [2.05, 4.69) is 10.0 Å². The number of benzene rings is 1. The number of hydrogen-bond acceptors (Lipinski definition) is 5. The number of rotatable bonds is 8. The molecule has 24 heavy (non-hydrogen) atoms. The number of hydrogen-bond donors (Lipinski definition) is 2. The molecule has 0 radical (unpaired) electrons. The van der Waals surface area contributed by atoms with Gasteiger partial charge in [0.2, 0.25) is 12.3 Å². The number of carbonyl (C=O) groups excluding carboxylic acids is 2. The van der Waals surface area contributed by atoms with Crippen molar-refractivity contribution in [1.82, 2.24) is 9.62 Å². The van der Waals surface area contributed by atoms with E-state index >= 15 is 0 Å². The average Bonchev–Trinajstić information content (AvgIpc) is 3.09. The molecule has 0 aromatic heterocycles. The molecule has 1 aromatic rings. The lowest BCUT2D eigenvalue weighted by atomic mass is 9.95. The van der Waals surface area contributed by atoms with E-state index in [-0.39, 0.29) is 24.0 Å². The van der Waals surface area contributed by atoms with Gasteiger partial charge in [-0.1, -0.05) is 6.92 Å². The number of anilines is 1. The number of amides is 2. The number of nitrogens with zero attached hydrogens (tertiary/aromatic N) is 1. The van der Waals surface area contributed by atoms with Gasteiger partial charge in [-0.25, -0.2) is 0 Å². The monoisotopic (exact) mass is 351 g/mol. The summed E-state index contributed by atoms with van der Waals surface area (Å²) >= 11 is 1.29. The van der Waals surface area contributed by atoms with Crippen molar-refractivity contribution in [3.63, 3.8) is 0 Å². The quantitative estimate of drug-likeness (QED) is 0.555. The van der Waals surface area contributed by atoms with Crippen LogP contribution >= 0.6 is 11.9 Å². The molecular formula is C17H25N3O3S. The van der Waals surface area contributed by atoms with Crippen LogP contribution in [-0.4, -0.2) is 50.1 Å². The van der Waals surface area contributed by atoms with E-state index in [4.69, 9.17) is 4.74 Å². The van der Waals surface area contributed by atoms with E-state index in [1.807, 2.05) is 38.2 Å². The molecule has 0 spiro atoms. The molecule has 1 aromatic carbocycles. The van der Waals surface area contributed by atoms with Gasteiger partial charge in [0, 0.05) is 31.3 Å². The van der Waals surface area contributed by atoms with Crippen molar-refractivity contribution < 1.29 is 14.3 Å². The van der Waals surface area contributed by atoms with Gasteiger partial charge in [0.25, 0.3) is 0 Å². The highest BCUT2D eigenvalue weighted by molar-refractivity contribution is 7.98. The SMILES string of the molecule is CNc1ccc(SNC(=O)C(C)C(OC)C2CCCN2C=O)cc1. The molecule has 0 bridgehead atoms.